The number of hydrogen-bond acceptors (Lipinski definition) is 4. The molecule has 0 aromatic heterocycles. The molecule has 1 rings (SSSR count). The number of nitrogens with one attached hydrogen (secondary N) is 3. The molecule has 1 aromatic carbocycles. The monoisotopic (exact) mass is 293 g/mol. The van der Waals surface area contributed by atoms with Crippen molar-refractivity contribution in [1.82, 2.24) is 16.0 Å². The fraction of sp³-hybridized carbons (Fsp3) is 0.357. The van der Waals surface area contributed by atoms with Gasteiger partial charge in [-0.15, -0.1) is 0 Å². The van der Waals surface area contributed by atoms with Crippen molar-refractivity contribution < 1.29 is 19.1 Å². The van der Waals surface area contributed by atoms with Gasteiger partial charge in [0.25, 0.3) is 5.91 Å². The highest BCUT2D eigenvalue weighted by molar-refractivity contribution is 5.85. The lowest BCUT2D eigenvalue weighted by atomic mass is 10.3. The molecule has 0 aliphatic heterocycles. The summed E-state index contributed by atoms with van der Waals surface area (Å²) in [5, 5.41) is 7.54. The minimum absolute atomic E-state index is 0.128. The second-order valence-electron chi connectivity index (χ2n) is 4.21. The summed E-state index contributed by atoms with van der Waals surface area (Å²) in [4.78, 5) is 33.5. The Hall–Kier alpha value is -2.57. The SMILES string of the molecule is CC(=O)NCCNC(=O)CNC(=O)COc1ccccc1. The van der Waals surface area contributed by atoms with E-state index in [0.29, 0.717) is 18.8 Å². The van der Waals surface area contributed by atoms with Crippen LogP contribution in [0, 0.1) is 0 Å². The Balaban J connectivity index is 2.09. The van der Waals surface area contributed by atoms with Gasteiger partial charge < -0.3 is 20.7 Å². The van der Waals surface area contributed by atoms with Crippen LogP contribution in [0.2, 0.25) is 0 Å². The molecule has 0 aliphatic carbocycles. The number of amides is 3. The maximum atomic E-state index is 11.5. The van der Waals surface area contributed by atoms with Crippen molar-refractivity contribution in [3.8, 4) is 5.75 Å². The van der Waals surface area contributed by atoms with Gasteiger partial charge in [-0.25, -0.2) is 0 Å². The second kappa shape index (κ2) is 9.35. The third kappa shape index (κ3) is 8.25. The number of hydrogen-bond donors (Lipinski definition) is 3. The molecule has 0 aliphatic rings. The first-order valence-electron chi connectivity index (χ1n) is 6.53. The molecule has 7 heteroatoms. The molecular formula is C14H19N3O4. The van der Waals surface area contributed by atoms with E-state index in [1.54, 1.807) is 24.3 Å². The van der Waals surface area contributed by atoms with Crippen LogP contribution in [0.4, 0.5) is 0 Å². The Labute approximate surface area is 123 Å². The van der Waals surface area contributed by atoms with Crippen LogP contribution in [-0.4, -0.2) is 44.0 Å². The Morgan fingerprint density at radius 3 is 2.29 bits per heavy atom. The van der Waals surface area contributed by atoms with Crippen LogP contribution in [0.15, 0.2) is 30.3 Å². The second-order valence-corrected chi connectivity index (χ2v) is 4.21. The molecule has 21 heavy (non-hydrogen) atoms. The molecule has 1 aromatic rings. The molecule has 0 unspecified atom stereocenters. The summed E-state index contributed by atoms with van der Waals surface area (Å²) in [6.07, 6.45) is 0. The number of carbonyl (C=O) groups is 3. The highest BCUT2D eigenvalue weighted by atomic mass is 16.5. The first kappa shape index (κ1) is 16.5. The molecule has 0 atom stereocenters. The average molecular weight is 293 g/mol. The maximum absolute atomic E-state index is 11.5. The van der Waals surface area contributed by atoms with Crippen LogP contribution < -0.4 is 20.7 Å². The summed E-state index contributed by atoms with van der Waals surface area (Å²) in [5.74, 6) is -0.271. The van der Waals surface area contributed by atoms with Crippen molar-refractivity contribution in [3.63, 3.8) is 0 Å². The quantitative estimate of drug-likeness (QED) is 0.559. The van der Waals surface area contributed by atoms with Crippen molar-refractivity contribution in [3.05, 3.63) is 30.3 Å². The van der Waals surface area contributed by atoms with E-state index in [2.05, 4.69) is 16.0 Å². The summed E-state index contributed by atoms with van der Waals surface area (Å²) in [5.41, 5.74) is 0. The zero-order valence-corrected chi connectivity index (χ0v) is 11.8. The summed E-state index contributed by atoms with van der Waals surface area (Å²) >= 11 is 0. The molecule has 0 saturated heterocycles. The van der Waals surface area contributed by atoms with Gasteiger partial charge in [0.15, 0.2) is 6.61 Å². The Morgan fingerprint density at radius 1 is 0.952 bits per heavy atom. The Bertz CT molecular complexity index is 476. The van der Waals surface area contributed by atoms with Crippen molar-refractivity contribution >= 4 is 17.7 Å². The number of rotatable bonds is 8. The van der Waals surface area contributed by atoms with Gasteiger partial charge in [0.05, 0.1) is 6.54 Å². The fourth-order valence-electron chi connectivity index (χ4n) is 1.40. The van der Waals surface area contributed by atoms with E-state index in [4.69, 9.17) is 4.74 Å². The molecule has 7 nitrogen and oxygen atoms in total. The molecule has 0 fully saturated rings. The predicted octanol–water partition coefficient (Wildman–Crippen LogP) is -0.566. The van der Waals surface area contributed by atoms with Crippen LogP contribution in [0.25, 0.3) is 0 Å². The standard InChI is InChI=1S/C14H19N3O4/c1-11(18)15-7-8-16-13(19)9-17-14(20)10-21-12-5-3-2-4-6-12/h2-6H,7-10H2,1H3,(H,15,18)(H,16,19)(H,17,20). The van der Waals surface area contributed by atoms with Gasteiger partial charge in [0, 0.05) is 20.0 Å². The van der Waals surface area contributed by atoms with Crippen molar-refractivity contribution in [1.29, 1.82) is 0 Å². The zero-order chi connectivity index (χ0) is 15.5. The summed E-state index contributed by atoms with van der Waals surface area (Å²) in [6.45, 7) is 1.79. The topological polar surface area (TPSA) is 96.5 Å². The number of para-hydroxylation sites is 1. The van der Waals surface area contributed by atoms with E-state index in [1.165, 1.54) is 6.92 Å². The highest BCUT2D eigenvalue weighted by Crippen LogP contribution is 2.07. The first-order valence-corrected chi connectivity index (χ1v) is 6.53. The molecule has 0 spiro atoms. The van der Waals surface area contributed by atoms with E-state index in [9.17, 15) is 14.4 Å². The fourth-order valence-corrected chi connectivity index (χ4v) is 1.40. The maximum Gasteiger partial charge on any atom is 0.258 e. The van der Waals surface area contributed by atoms with Crippen LogP contribution in [-0.2, 0) is 14.4 Å². The lowest BCUT2D eigenvalue weighted by Gasteiger charge is -2.08. The normalized spacial score (nSPS) is 9.57. The lowest BCUT2D eigenvalue weighted by Crippen LogP contribution is -2.41. The van der Waals surface area contributed by atoms with Gasteiger partial charge in [0.2, 0.25) is 11.8 Å². The van der Waals surface area contributed by atoms with Crippen LogP contribution in [0.1, 0.15) is 6.92 Å². The Kier molecular flexibility index (Phi) is 7.34. The van der Waals surface area contributed by atoms with Crippen LogP contribution in [0.5, 0.6) is 5.75 Å². The minimum atomic E-state index is -0.379. The number of carbonyl (C=O) groups excluding carboxylic acids is 3. The van der Waals surface area contributed by atoms with E-state index in [-0.39, 0.29) is 30.9 Å². The molecule has 0 bridgehead atoms. The zero-order valence-electron chi connectivity index (χ0n) is 11.8. The lowest BCUT2D eigenvalue weighted by molar-refractivity contribution is -0.127. The summed E-state index contributed by atoms with van der Waals surface area (Å²) in [6, 6.07) is 8.92. The van der Waals surface area contributed by atoms with E-state index >= 15 is 0 Å². The van der Waals surface area contributed by atoms with Crippen LogP contribution in [0.3, 0.4) is 0 Å². The Morgan fingerprint density at radius 2 is 1.62 bits per heavy atom. The third-order valence-electron chi connectivity index (χ3n) is 2.38. The van der Waals surface area contributed by atoms with Crippen molar-refractivity contribution in [2.24, 2.45) is 0 Å². The molecule has 0 heterocycles. The smallest absolute Gasteiger partial charge is 0.258 e. The number of benzene rings is 1. The summed E-state index contributed by atoms with van der Waals surface area (Å²) in [7, 11) is 0. The van der Waals surface area contributed by atoms with Crippen molar-refractivity contribution in [2.75, 3.05) is 26.2 Å². The van der Waals surface area contributed by atoms with Gasteiger partial charge >= 0.3 is 0 Å². The predicted molar refractivity (Wildman–Crippen MR) is 76.6 cm³/mol. The highest BCUT2D eigenvalue weighted by Gasteiger charge is 2.05. The molecule has 3 amide bonds. The summed E-state index contributed by atoms with van der Waals surface area (Å²) < 4.78 is 5.23. The van der Waals surface area contributed by atoms with Gasteiger partial charge in [-0.1, -0.05) is 18.2 Å². The van der Waals surface area contributed by atoms with Gasteiger partial charge in [-0.05, 0) is 12.1 Å². The first-order chi connectivity index (χ1) is 10.1. The largest absolute Gasteiger partial charge is 0.484 e. The number of ether oxygens (including phenoxy) is 1. The molecule has 3 N–H and O–H groups in total. The van der Waals surface area contributed by atoms with E-state index in [1.807, 2.05) is 6.07 Å². The van der Waals surface area contributed by atoms with Gasteiger partial charge in [-0.3, -0.25) is 14.4 Å². The van der Waals surface area contributed by atoms with Crippen LogP contribution >= 0.6 is 0 Å². The molecule has 0 radical (unpaired) electrons. The third-order valence-corrected chi connectivity index (χ3v) is 2.38. The van der Waals surface area contributed by atoms with Crippen molar-refractivity contribution in [2.45, 2.75) is 6.92 Å². The van der Waals surface area contributed by atoms with E-state index < -0.39 is 0 Å². The molecular weight excluding hydrogens is 274 g/mol. The minimum Gasteiger partial charge on any atom is -0.484 e. The average Bonchev–Trinajstić information content (AvgIpc) is 2.48. The van der Waals surface area contributed by atoms with Gasteiger partial charge in [0.1, 0.15) is 5.75 Å². The van der Waals surface area contributed by atoms with E-state index in [0.717, 1.165) is 0 Å². The van der Waals surface area contributed by atoms with Gasteiger partial charge in [-0.2, -0.15) is 0 Å². The molecule has 114 valence electrons. The molecule has 0 saturated carbocycles.